The molecule has 1 N–H and O–H groups in total. The first-order chi connectivity index (χ1) is 9.67. The largest absolute Gasteiger partial charge is 0.383 e. The van der Waals surface area contributed by atoms with Gasteiger partial charge in [-0.1, -0.05) is 25.4 Å². The van der Waals surface area contributed by atoms with Crippen LogP contribution in [0.25, 0.3) is 0 Å². The van der Waals surface area contributed by atoms with Crippen molar-refractivity contribution in [3.63, 3.8) is 0 Å². The van der Waals surface area contributed by atoms with E-state index in [-0.39, 0.29) is 0 Å². The Kier molecular flexibility index (Phi) is 8.19. The maximum Gasteiger partial charge on any atom is 0.0849 e. The van der Waals surface area contributed by atoms with Crippen LogP contribution in [0.15, 0.2) is 0 Å². The fourth-order valence-electron chi connectivity index (χ4n) is 2.36. The molecule has 0 bridgehead atoms. The van der Waals surface area contributed by atoms with Gasteiger partial charge in [0.1, 0.15) is 0 Å². The molecule has 4 nitrogen and oxygen atoms in total. The molecule has 0 aliphatic heterocycles. The highest BCUT2D eigenvalue weighted by Gasteiger charge is 2.16. The van der Waals surface area contributed by atoms with Crippen LogP contribution in [0.4, 0.5) is 0 Å². The Bertz CT molecular complexity index is 393. The molecule has 0 aliphatic rings. The fourth-order valence-corrected chi connectivity index (χ4v) is 2.72. The summed E-state index contributed by atoms with van der Waals surface area (Å²) < 4.78 is 7.32. The van der Waals surface area contributed by atoms with E-state index in [2.05, 4.69) is 31.2 Å². The third-order valence-electron chi connectivity index (χ3n) is 3.47. The molecule has 0 saturated heterocycles. The topological polar surface area (TPSA) is 39.1 Å². The molecular weight excluding hydrogens is 274 g/mol. The average Bonchev–Trinajstić information content (AvgIpc) is 2.77. The SMILES string of the molecule is CCCNC(CCc1c(Cl)c(CC)nn1CC)COC. The van der Waals surface area contributed by atoms with E-state index in [1.54, 1.807) is 7.11 Å². The summed E-state index contributed by atoms with van der Waals surface area (Å²) in [5.74, 6) is 0. The Morgan fingerprint density at radius 3 is 2.65 bits per heavy atom. The second kappa shape index (κ2) is 9.37. The number of methoxy groups -OCH3 is 1. The minimum Gasteiger partial charge on any atom is -0.383 e. The summed E-state index contributed by atoms with van der Waals surface area (Å²) in [6.07, 6.45) is 3.97. The molecule has 20 heavy (non-hydrogen) atoms. The van der Waals surface area contributed by atoms with Crippen LogP contribution >= 0.6 is 11.6 Å². The molecule has 5 heteroatoms. The highest BCUT2D eigenvalue weighted by molar-refractivity contribution is 6.31. The van der Waals surface area contributed by atoms with E-state index >= 15 is 0 Å². The normalized spacial score (nSPS) is 12.8. The number of ether oxygens (including phenoxy) is 1. The minimum atomic E-state index is 0.376. The summed E-state index contributed by atoms with van der Waals surface area (Å²) in [6, 6.07) is 0.376. The summed E-state index contributed by atoms with van der Waals surface area (Å²) in [4.78, 5) is 0. The van der Waals surface area contributed by atoms with E-state index in [0.29, 0.717) is 6.04 Å². The Labute approximate surface area is 127 Å². The standard InChI is InChI=1S/C15H28ClN3O/c1-5-10-17-12(11-20-4)8-9-14-15(16)13(6-2)18-19(14)7-3/h12,17H,5-11H2,1-4H3. The Morgan fingerprint density at radius 2 is 2.10 bits per heavy atom. The van der Waals surface area contributed by atoms with E-state index in [9.17, 15) is 0 Å². The lowest BCUT2D eigenvalue weighted by Crippen LogP contribution is -2.34. The van der Waals surface area contributed by atoms with Crippen LogP contribution in [0.1, 0.15) is 45.0 Å². The van der Waals surface area contributed by atoms with Crippen LogP contribution in [0.5, 0.6) is 0 Å². The van der Waals surface area contributed by atoms with Gasteiger partial charge in [0.15, 0.2) is 0 Å². The maximum absolute atomic E-state index is 6.44. The van der Waals surface area contributed by atoms with E-state index in [0.717, 1.165) is 61.8 Å². The summed E-state index contributed by atoms with van der Waals surface area (Å²) in [5.41, 5.74) is 2.17. The molecular formula is C15H28ClN3O. The number of rotatable bonds is 10. The molecule has 1 aromatic heterocycles. The van der Waals surface area contributed by atoms with Gasteiger partial charge >= 0.3 is 0 Å². The van der Waals surface area contributed by atoms with Crippen molar-refractivity contribution in [2.75, 3.05) is 20.3 Å². The molecule has 0 radical (unpaired) electrons. The zero-order valence-corrected chi connectivity index (χ0v) is 14.0. The number of halogens is 1. The number of nitrogens with one attached hydrogen (secondary N) is 1. The highest BCUT2D eigenvalue weighted by Crippen LogP contribution is 2.23. The number of hydrogen-bond acceptors (Lipinski definition) is 3. The van der Waals surface area contributed by atoms with Crippen LogP contribution in [-0.4, -0.2) is 36.1 Å². The van der Waals surface area contributed by atoms with Crippen molar-refractivity contribution in [2.24, 2.45) is 0 Å². The summed E-state index contributed by atoms with van der Waals surface area (Å²) in [7, 11) is 1.75. The van der Waals surface area contributed by atoms with Crippen molar-refractivity contribution in [2.45, 2.75) is 59.0 Å². The van der Waals surface area contributed by atoms with Crippen LogP contribution < -0.4 is 5.32 Å². The van der Waals surface area contributed by atoms with Gasteiger partial charge in [0.25, 0.3) is 0 Å². The summed E-state index contributed by atoms with van der Waals surface area (Å²) in [5, 5.41) is 8.93. The fraction of sp³-hybridized carbons (Fsp3) is 0.800. The zero-order valence-electron chi connectivity index (χ0n) is 13.2. The van der Waals surface area contributed by atoms with Gasteiger partial charge in [-0.25, -0.2) is 0 Å². The van der Waals surface area contributed by atoms with Gasteiger partial charge in [-0.15, -0.1) is 0 Å². The molecule has 1 unspecified atom stereocenters. The summed E-state index contributed by atoms with van der Waals surface area (Å²) >= 11 is 6.44. The lowest BCUT2D eigenvalue weighted by Gasteiger charge is -2.17. The number of hydrogen-bond donors (Lipinski definition) is 1. The van der Waals surface area contributed by atoms with Crippen molar-refractivity contribution >= 4 is 11.6 Å². The first-order valence-electron chi connectivity index (χ1n) is 7.64. The molecule has 0 aliphatic carbocycles. The molecule has 116 valence electrons. The first-order valence-corrected chi connectivity index (χ1v) is 8.01. The van der Waals surface area contributed by atoms with Crippen molar-refractivity contribution in [3.05, 3.63) is 16.4 Å². The van der Waals surface area contributed by atoms with Gasteiger partial charge in [-0.2, -0.15) is 5.10 Å². The molecule has 1 heterocycles. The molecule has 0 spiro atoms. The lowest BCUT2D eigenvalue weighted by atomic mass is 10.1. The van der Waals surface area contributed by atoms with Crippen LogP contribution in [0.3, 0.4) is 0 Å². The molecule has 0 saturated carbocycles. The van der Waals surface area contributed by atoms with Crippen LogP contribution in [0.2, 0.25) is 5.02 Å². The molecule has 0 amide bonds. The van der Waals surface area contributed by atoms with E-state index < -0.39 is 0 Å². The molecule has 0 fully saturated rings. The van der Waals surface area contributed by atoms with Gasteiger partial charge in [0.2, 0.25) is 0 Å². The maximum atomic E-state index is 6.44. The van der Waals surface area contributed by atoms with Gasteiger partial charge in [-0.3, -0.25) is 4.68 Å². The predicted octanol–water partition coefficient (Wildman–Crippen LogP) is 3.07. The Morgan fingerprint density at radius 1 is 1.35 bits per heavy atom. The van der Waals surface area contributed by atoms with Crippen molar-refractivity contribution in [1.82, 2.24) is 15.1 Å². The second-order valence-corrected chi connectivity index (χ2v) is 5.40. The minimum absolute atomic E-state index is 0.376. The quantitative estimate of drug-likeness (QED) is 0.722. The lowest BCUT2D eigenvalue weighted by molar-refractivity contribution is 0.162. The van der Waals surface area contributed by atoms with Gasteiger partial charge in [0.05, 0.1) is 23.0 Å². The van der Waals surface area contributed by atoms with Gasteiger partial charge < -0.3 is 10.1 Å². The number of aryl methyl sites for hydroxylation is 2. The highest BCUT2D eigenvalue weighted by atomic mass is 35.5. The smallest absolute Gasteiger partial charge is 0.0849 e. The first kappa shape index (κ1) is 17.5. The molecule has 1 rings (SSSR count). The summed E-state index contributed by atoms with van der Waals surface area (Å²) in [6.45, 7) is 9.00. The predicted molar refractivity (Wildman–Crippen MR) is 84.6 cm³/mol. The Hall–Kier alpha value is -0.580. The Balaban J connectivity index is 2.68. The van der Waals surface area contributed by atoms with Crippen molar-refractivity contribution in [3.8, 4) is 0 Å². The van der Waals surface area contributed by atoms with E-state index in [4.69, 9.17) is 16.3 Å². The van der Waals surface area contributed by atoms with Crippen molar-refractivity contribution in [1.29, 1.82) is 0 Å². The number of nitrogens with zero attached hydrogens (tertiary/aromatic N) is 2. The molecule has 1 aromatic rings. The molecule has 0 aromatic carbocycles. The molecule has 1 atom stereocenters. The van der Waals surface area contributed by atoms with Gasteiger partial charge in [0, 0.05) is 19.7 Å². The van der Waals surface area contributed by atoms with Crippen molar-refractivity contribution < 1.29 is 4.74 Å². The third-order valence-corrected chi connectivity index (χ3v) is 3.91. The zero-order chi connectivity index (χ0) is 15.0. The second-order valence-electron chi connectivity index (χ2n) is 5.02. The number of aromatic nitrogens is 2. The van der Waals surface area contributed by atoms with Gasteiger partial charge in [-0.05, 0) is 39.2 Å². The average molecular weight is 302 g/mol. The third kappa shape index (κ3) is 4.76. The van der Waals surface area contributed by atoms with Crippen LogP contribution in [-0.2, 0) is 24.1 Å². The van der Waals surface area contributed by atoms with E-state index in [1.165, 1.54) is 0 Å². The van der Waals surface area contributed by atoms with E-state index in [1.807, 2.05) is 4.68 Å². The van der Waals surface area contributed by atoms with Crippen LogP contribution in [0, 0.1) is 0 Å². The monoisotopic (exact) mass is 301 g/mol.